The molecule has 3 N–H and O–H groups in total. The number of carbonyl (C=O) groups excluding carboxylic acids is 1. The number of hydrogen-bond donors (Lipinski definition) is 2. The van der Waals surface area contributed by atoms with Gasteiger partial charge in [0.1, 0.15) is 5.75 Å². The summed E-state index contributed by atoms with van der Waals surface area (Å²) in [7, 11) is 1.55. The van der Waals surface area contributed by atoms with E-state index in [2.05, 4.69) is 16.4 Å². The number of nitriles is 1. The number of ether oxygens (including phenoxy) is 2. The first-order valence-corrected chi connectivity index (χ1v) is 10.4. The summed E-state index contributed by atoms with van der Waals surface area (Å²) in [6, 6.07) is 7.32. The average Bonchev–Trinajstić information content (AvgIpc) is 3.58. The van der Waals surface area contributed by atoms with E-state index in [1.807, 2.05) is 19.9 Å². The molecule has 7 heteroatoms. The zero-order valence-corrected chi connectivity index (χ0v) is 18.0. The maximum Gasteiger partial charge on any atom is 0.247 e. The highest BCUT2D eigenvalue weighted by molar-refractivity contribution is 5.98. The number of nitrogens with zero attached hydrogens (tertiary/aromatic N) is 2. The summed E-state index contributed by atoms with van der Waals surface area (Å²) < 4.78 is 11.7. The molecule has 1 saturated carbocycles. The summed E-state index contributed by atoms with van der Waals surface area (Å²) in [5.41, 5.74) is 10.7. The van der Waals surface area contributed by atoms with Crippen molar-refractivity contribution >= 4 is 11.6 Å². The number of aryl methyl sites for hydroxylation is 1. The second-order valence-corrected chi connectivity index (χ2v) is 8.15. The third-order valence-electron chi connectivity index (χ3n) is 5.96. The first-order chi connectivity index (χ1) is 14.9. The van der Waals surface area contributed by atoms with Crippen molar-refractivity contribution < 1.29 is 14.3 Å². The highest BCUT2D eigenvalue weighted by Crippen LogP contribution is 2.49. The van der Waals surface area contributed by atoms with Crippen LogP contribution < -0.4 is 20.5 Å². The smallest absolute Gasteiger partial charge is 0.247 e. The molecule has 1 atom stereocenters. The Bertz CT molecular complexity index is 1110. The fourth-order valence-corrected chi connectivity index (χ4v) is 4.16. The lowest BCUT2D eigenvalue weighted by molar-refractivity contribution is -0.114. The molecule has 2 aliphatic rings. The molecule has 1 aromatic heterocycles. The number of hydrogen-bond acceptors (Lipinski definition) is 6. The number of pyridine rings is 1. The lowest BCUT2D eigenvalue weighted by atomic mass is 9.79. The van der Waals surface area contributed by atoms with Crippen LogP contribution in [-0.4, -0.2) is 24.6 Å². The van der Waals surface area contributed by atoms with Gasteiger partial charge in [-0.2, -0.15) is 5.26 Å². The molecule has 2 heterocycles. The van der Waals surface area contributed by atoms with Crippen LogP contribution in [0.2, 0.25) is 0 Å². The molecule has 1 aliphatic heterocycles. The van der Waals surface area contributed by atoms with Gasteiger partial charge in [0.05, 0.1) is 42.5 Å². The molecule has 1 aromatic carbocycles. The maximum atomic E-state index is 12.6. The van der Waals surface area contributed by atoms with Gasteiger partial charge in [-0.3, -0.25) is 4.79 Å². The fourth-order valence-electron chi connectivity index (χ4n) is 4.16. The molecule has 0 spiro atoms. The van der Waals surface area contributed by atoms with E-state index in [1.54, 1.807) is 25.4 Å². The number of anilines is 1. The summed E-state index contributed by atoms with van der Waals surface area (Å²) in [6.07, 6.45) is 5.26. The lowest BCUT2D eigenvalue weighted by Gasteiger charge is -2.32. The van der Waals surface area contributed by atoms with Crippen molar-refractivity contribution in [1.29, 1.82) is 5.26 Å². The highest BCUT2D eigenvalue weighted by atomic mass is 16.5. The van der Waals surface area contributed by atoms with Gasteiger partial charge in [-0.05, 0) is 43.9 Å². The Balaban J connectivity index is 1.89. The number of fused-ring (bicyclic) bond motifs is 1. The van der Waals surface area contributed by atoms with E-state index in [0.717, 1.165) is 34.7 Å². The molecule has 0 bridgehead atoms. The van der Waals surface area contributed by atoms with Crippen molar-refractivity contribution in [2.75, 3.05) is 19.0 Å². The van der Waals surface area contributed by atoms with Crippen molar-refractivity contribution in [3.8, 4) is 17.7 Å². The molecule has 1 amide bonds. The van der Waals surface area contributed by atoms with E-state index < -0.39 is 11.8 Å². The largest absolute Gasteiger partial charge is 0.496 e. The molecule has 0 radical (unpaired) electrons. The van der Waals surface area contributed by atoms with Crippen molar-refractivity contribution in [2.45, 2.75) is 39.0 Å². The molecule has 1 aliphatic carbocycles. The number of nitrogens with one attached hydrogen (secondary N) is 1. The van der Waals surface area contributed by atoms with E-state index in [-0.39, 0.29) is 0 Å². The minimum Gasteiger partial charge on any atom is -0.496 e. The van der Waals surface area contributed by atoms with Crippen LogP contribution in [0.3, 0.4) is 0 Å². The predicted octanol–water partition coefficient (Wildman–Crippen LogP) is 3.77. The summed E-state index contributed by atoms with van der Waals surface area (Å²) >= 11 is 0. The van der Waals surface area contributed by atoms with Crippen molar-refractivity contribution in [3.63, 3.8) is 0 Å². The Morgan fingerprint density at radius 1 is 1.35 bits per heavy atom. The second kappa shape index (κ2) is 8.31. The average molecular weight is 418 g/mol. The number of rotatable bonds is 7. The SMILES string of the molecule is COc1cc(C#N)ccc1[C@H]1C(C(N)=O)=C(C)Nc2c(C)cnc(OCCC3CC3)c21. The Labute approximate surface area is 181 Å². The zero-order valence-electron chi connectivity index (χ0n) is 18.0. The third kappa shape index (κ3) is 3.93. The number of allylic oxidation sites excluding steroid dienone is 1. The van der Waals surface area contributed by atoms with E-state index in [9.17, 15) is 10.1 Å². The topological polar surface area (TPSA) is 110 Å². The van der Waals surface area contributed by atoms with E-state index in [0.29, 0.717) is 35.1 Å². The van der Waals surface area contributed by atoms with E-state index in [4.69, 9.17) is 15.2 Å². The van der Waals surface area contributed by atoms with Gasteiger partial charge in [-0.25, -0.2) is 4.98 Å². The molecule has 4 rings (SSSR count). The summed E-state index contributed by atoms with van der Waals surface area (Å²) in [5, 5.41) is 12.6. The molecular weight excluding hydrogens is 392 g/mol. The van der Waals surface area contributed by atoms with Gasteiger partial charge in [0.2, 0.25) is 11.8 Å². The van der Waals surface area contributed by atoms with Crippen LogP contribution in [0.5, 0.6) is 11.6 Å². The fraction of sp³-hybridized carbons (Fsp3) is 0.375. The number of amides is 1. The van der Waals surface area contributed by atoms with Gasteiger partial charge in [0, 0.05) is 23.0 Å². The van der Waals surface area contributed by atoms with E-state index in [1.165, 1.54) is 12.8 Å². The molecule has 31 heavy (non-hydrogen) atoms. The standard InChI is InChI=1S/C24H26N4O3/c1-13-12-27-24(31-9-8-15-4-5-15)21-20(19(23(26)29)14(2)28-22(13)21)17-7-6-16(11-25)10-18(17)30-3/h6-7,10,12,15,20,28H,4-5,8-9H2,1-3H3,(H2,26,29)/t20-/m0/s1. The van der Waals surface area contributed by atoms with Crippen molar-refractivity contribution in [3.05, 3.63) is 57.9 Å². The Kier molecular flexibility index (Phi) is 5.55. The van der Waals surface area contributed by atoms with Crippen LogP contribution in [0.15, 0.2) is 35.7 Å². The lowest BCUT2D eigenvalue weighted by Crippen LogP contribution is -2.28. The maximum absolute atomic E-state index is 12.6. The number of nitrogens with two attached hydrogens (primary N) is 1. The molecule has 0 saturated heterocycles. The first-order valence-electron chi connectivity index (χ1n) is 10.4. The molecule has 160 valence electrons. The van der Waals surface area contributed by atoms with Gasteiger partial charge in [-0.15, -0.1) is 0 Å². The third-order valence-corrected chi connectivity index (χ3v) is 5.96. The van der Waals surface area contributed by atoms with Gasteiger partial charge in [-0.1, -0.05) is 18.9 Å². The van der Waals surface area contributed by atoms with Gasteiger partial charge < -0.3 is 20.5 Å². The molecule has 0 unspecified atom stereocenters. The summed E-state index contributed by atoms with van der Waals surface area (Å²) in [4.78, 5) is 17.1. The zero-order chi connectivity index (χ0) is 22.1. The first kappa shape index (κ1) is 20.7. The quantitative estimate of drug-likeness (QED) is 0.708. The minimum atomic E-state index is -0.530. The van der Waals surface area contributed by atoms with Crippen molar-refractivity contribution in [1.82, 2.24) is 4.98 Å². The Morgan fingerprint density at radius 2 is 2.13 bits per heavy atom. The number of methoxy groups -OCH3 is 1. The molecule has 1 fully saturated rings. The van der Waals surface area contributed by atoms with Crippen molar-refractivity contribution in [2.24, 2.45) is 11.7 Å². The molecule has 7 nitrogen and oxygen atoms in total. The van der Waals surface area contributed by atoms with E-state index >= 15 is 0 Å². The van der Waals surface area contributed by atoms with Gasteiger partial charge in [0.15, 0.2) is 0 Å². The number of primary amides is 1. The summed E-state index contributed by atoms with van der Waals surface area (Å²) in [6.45, 7) is 4.36. The second-order valence-electron chi connectivity index (χ2n) is 8.15. The van der Waals surface area contributed by atoms with Crippen LogP contribution in [0.25, 0.3) is 0 Å². The molecule has 2 aromatic rings. The summed E-state index contributed by atoms with van der Waals surface area (Å²) in [5.74, 6) is 0.666. The monoisotopic (exact) mass is 418 g/mol. The van der Waals surface area contributed by atoms with Crippen LogP contribution in [0.1, 0.15) is 54.4 Å². The predicted molar refractivity (Wildman–Crippen MR) is 117 cm³/mol. The Hall–Kier alpha value is -3.53. The highest BCUT2D eigenvalue weighted by Gasteiger charge is 2.37. The van der Waals surface area contributed by atoms with Crippen LogP contribution in [-0.2, 0) is 4.79 Å². The number of carbonyl (C=O) groups is 1. The van der Waals surface area contributed by atoms with Gasteiger partial charge in [0.25, 0.3) is 0 Å². The van der Waals surface area contributed by atoms with Gasteiger partial charge >= 0.3 is 0 Å². The minimum absolute atomic E-state index is 0.426. The molecular formula is C24H26N4O3. The number of benzene rings is 1. The van der Waals surface area contributed by atoms with Crippen LogP contribution in [0.4, 0.5) is 5.69 Å². The van der Waals surface area contributed by atoms with Crippen LogP contribution >= 0.6 is 0 Å². The van der Waals surface area contributed by atoms with Crippen LogP contribution in [0, 0.1) is 24.2 Å². The Morgan fingerprint density at radius 3 is 2.77 bits per heavy atom. The number of aromatic nitrogens is 1. The normalized spacial score (nSPS) is 17.4.